The van der Waals surface area contributed by atoms with E-state index in [0.717, 1.165) is 17.1 Å². The van der Waals surface area contributed by atoms with Gasteiger partial charge in [0.25, 0.3) is 0 Å². The zero-order valence-electron chi connectivity index (χ0n) is 11.7. The highest BCUT2D eigenvalue weighted by Gasteiger charge is 2.10. The average Bonchev–Trinajstić information content (AvgIpc) is 2.88. The molecule has 1 amide bonds. The van der Waals surface area contributed by atoms with Crippen molar-refractivity contribution < 1.29 is 9.53 Å². The average molecular weight is 274 g/mol. The van der Waals surface area contributed by atoms with Gasteiger partial charge in [-0.3, -0.25) is 5.32 Å². The number of nitrogen functional groups attached to an aromatic ring is 1. The topological polar surface area (TPSA) is 93.0 Å². The number of nitrogens with zero attached hydrogens (tertiary/aromatic N) is 1. The second-order valence-corrected chi connectivity index (χ2v) is 4.76. The fourth-order valence-corrected chi connectivity index (χ4v) is 1.82. The Morgan fingerprint density at radius 1 is 1.45 bits per heavy atom. The number of hydrogen-bond acceptors (Lipinski definition) is 4. The number of aromatic amines is 1. The Labute approximate surface area is 117 Å². The molecule has 0 aliphatic heterocycles. The van der Waals surface area contributed by atoms with E-state index >= 15 is 0 Å². The predicted molar refractivity (Wildman–Crippen MR) is 78.6 cm³/mol. The van der Waals surface area contributed by atoms with Crippen molar-refractivity contribution >= 4 is 17.5 Å². The molecule has 0 fully saturated rings. The Bertz CT molecular complexity index is 619. The van der Waals surface area contributed by atoms with Crippen LogP contribution in [0.1, 0.15) is 25.6 Å². The van der Waals surface area contributed by atoms with E-state index in [1.54, 1.807) is 18.3 Å². The largest absolute Gasteiger partial charge is 0.453 e. The SMILES string of the molecule is COC(=O)Nc1ccc(-c2cnc(C(C)C)[nH]2)c(N)c1. The van der Waals surface area contributed by atoms with E-state index in [9.17, 15) is 4.79 Å². The van der Waals surface area contributed by atoms with Gasteiger partial charge in [-0.25, -0.2) is 9.78 Å². The summed E-state index contributed by atoms with van der Waals surface area (Å²) in [4.78, 5) is 18.7. The van der Waals surface area contributed by atoms with Crippen molar-refractivity contribution in [3.05, 3.63) is 30.2 Å². The van der Waals surface area contributed by atoms with Crippen LogP contribution in [-0.4, -0.2) is 23.2 Å². The van der Waals surface area contributed by atoms with Gasteiger partial charge in [-0.15, -0.1) is 0 Å². The number of imidazole rings is 1. The van der Waals surface area contributed by atoms with Crippen LogP contribution in [0, 0.1) is 0 Å². The third kappa shape index (κ3) is 2.90. The fourth-order valence-electron chi connectivity index (χ4n) is 1.82. The third-order valence-electron chi connectivity index (χ3n) is 2.92. The van der Waals surface area contributed by atoms with Crippen molar-refractivity contribution in [2.24, 2.45) is 0 Å². The van der Waals surface area contributed by atoms with Crippen LogP contribution >= 0.6 is 0 Å². The van der Waals surface area contributed by atoms with Crippen molar-refractivity contribution in [3.63, 3.8) is 0 Å². The standard InChI is InChI=1S/C14H18N4O2/c1-8(2)13-16-7-12(18-13)10-5-4-9(6-11(10)15)17-14(19)20-3/h4-8H,15H2,1-3H3,(H,16,18)(H,17,19). The van der Waals surface area contributed by atoms with Crippen molar-refractivity contribution in [2.75, 3.05) is 18.2 Å². The highest BCUT2D eigenvalue weighted by molar-refractivity contribution is 5.87. The summed E-state index contributed by atoms with van der Waals surface area (Å²) in [6.45, 7) is 4.13. The molecule has 0 bridgehead atoms. The Hall–Kier alpha value is -2.50. The number of carbonyl (C=O) groups is 1. The van der Waals surface area contributed by atoms with Gasteiger partial charge in [0.05, 0.1) is 19.0 Å². The van der Waals surface area contributed by atoms with Crippen LogP contribution in [0.25, 0.3) is 11.3 Å². The van der Waals surface area contributed by atoms with E-state index in [1.165, 1.54) is 7.11 Å². The van der Waals surface area contributed by atoms with Gasteiger partial charge in [-0.1, -0.05) is 13.8 Å². The van der Waals surface area contributed by atoms with Gasteiger partial charge in [-0.05, 0) is 18.2 Å². The van der Waals surface area contributed by atoms with Crippen LogP contribution in [-0.2, 0) is 4.74 Å². The summed E-state index contributed by atoms with van der Waals surface area (Å²) in [7, 11) is 1.31. The lowest BCUT2D eigenvalue weighted by molar-refractivity contribution is 0.187. The molecule has 4 N–H and O–H groups in total. The molecule has 0 atom stereocenters. The normalized spacial score (nSPS) is 10.6. The number of aromatic nitrogens is 2. The molecule has 2 rings (SSSR count). The molecule has 6 heteroatoms. The zero-order valence-corrected chi connectivity index (χ0v) is 11.7. The Balaban J connectivity index is 2.26. The monoisotopic (exact) mass is 274 g/mol. The van der Waals surface area contributed by atoms with Crippen LogP contribution < -0.4 is 11.1 Å². The van der Waals surface area contributed by atoms with Crippen molar-refractivity contribution in [3.8, 4) is 11.3 Å². The molecule has 6 nitrogen and oxygen atoms in total. The number of carbonyl (C=O) groups excluding carboxylic acids is 1. The maximum Gasteiger partial charge on any atom is 0.411 e. The highest BCUT2D eigenvalue weighted by atomic mass is 16.5. The Morgan fingerprint density at radius 3 is 2.75 bits per heavy atom. The van der Waals surface area contributed by atoms with Gasteiger partial charge < -0.3 is 15.5 Å². The minimum absolute atomic E-state index is 0.324. The second kappa shape index (κ2) is 5.64. The Morgan fingerprint density at radius 2 is 2.20 bits per heavy atom. The maximum atomic E-state index is 11.1. The quantitative estimate of drug-likeness (QED) is 0.750. The molecule has 1 heterocycles. The van der Waals surface area contributed by atoms with Crippen molar-refractivity contribution in [2.45, 2.75) is 19.8 Å². The first-order chi connectivity index (χ1) is 9.51. The maximum absolute atomic E-state index is 11.1. The third-order valence-corrected chi connectivity index (χ3v) is 2.92. The molecule has 0 aliphatic rings. The van der Waals surface area contributed by atoms with Gasteiger partial charge >= 0.3 is 6.09 Å². The number of ether oxygens (including phenoxy) is 1. The number of H-pyrrole nitrogens is 1. The summed E-state index contributed by atoms with van der Waals surface area (Å²) in [5.41, 5.74) is 8.86. The number of hydrogen-bond donors (Lipinski definition) is 3. The number of nitrogens with one attached hydrogen (secondary N) is 2. The summed E-state index contributed by atoms with van der Waals surface area (Å²) in [6.07, 6.45) is 1.23. The fraction of sp³-hybridized carbons (Fsp3) is 0.286. The first kappa shape index (κ1) is 13.9. The molecule has 0 radical (unpaired) electrons. The van der Waals surface area contributed by atoms with Crippen LogP contribution in [0.5, 0.6) is 0 Å². The molecule has 0 spiro atoms. The number of nitrogens with two attached hydrogens (primary N) is 1. The number of benzene rings is 1. The summed E-state index contributed by atoms with van der Waals surface area (Å²) in [6, 6.07) is 5.28. The van der Waals surface area contributed by atoms with Crippen LogP contribution in [0.2, 0.25) is 0 Å². The summed E-state index contributed by atoms with van der Waals surface area (Å²) < 4.78 is 4.53. The molecular weight excluding hydrogens is 256 g/mol. The van der Waals surface area contributed by atoms with Gasteiger partial charge in [-0.2, -0.15) is 0 Å². The first-order valence-corrected chi connectivity index (χ1v) is 6.31. The van der Waals surface area contributed by atoms with E-state index in [1.807, 2.05) is 6.07 Å². The Kier molecular flexibility index (Phi) is 3.93. The molecule has 0 saturated heterocycles. The minimum Gasteiger partial charge on any atom is -0.453 e. The lowest BCUT2D eigenvalue weighted by atomic mass is 10.1. The van der Waals surface area contributed by atoms with Crippen molar-refractivity contribution in [1.82, 2.24) is 9.97 Å². The first-order valence-electron chi connectivity index (χ1n) is 6.31. The lowest BCUT2D eigenvalue weighted by Gasteiger charge is -2.08. The number of rotatable bonds is 3. The van der Waals surface area contributed by atoms with Gasteiger partial charge in [0, 0.05) is 22.9 Å². The zero-order chi connectivity index (χ0) is 14.7. The predicted octanol–water partition coefficient (Wildman–Crippen LogP) is 2.96. The van der Waals surface area contributed by atoms with E-state index in [0.29, 0.717) is 17.3 Å². The summed E-state index contributed by atoms with van der Waals surface area (Å²) >= 11 is 0. The number of methoxy groups -OCH3 is 1. The van der Waals surface area contributed by atoms with Crippen LogP contribution in [0.4, 0.5) is 16.2 Å². The molecule has 1 aromatic carbocycles. The molecule has 2 aromatic rings. The molecule has 0 aliphatic carbocycles. The molecular formula is C14H18N4O2. The van der Waals surface area contributed by atoms with E-state index in [2.05, 4.69) is 33.9 Å². The molecule has 0 saturated carbocycles. The van der Waals surface area contributed by atoms with E-state index in [-0.39, 0.29) is 0 Å². The summed E-state index contributed by atoms with van der Waals surface area (Å²) in [5.74, 6) is 1.24. The molecule has 0 unspecified atom stereocenters. The van der Waals surface area contributed by atoms with Gasteiger partial charge in [0.15, 0.2) is 0 Å². The smallest absolute Gasteiger partial charge is 0.411 e. The van der Waals surface area contributed by atoms with Crippen LogP contribution in [0.3, 0.4) is 0 Å². The van der Waals surface area contributed by atoms with Gasteiger partial charge in [0.1, 0.15) is 5.82 Å². The van der Waals surface area contributed by atoms with E-state index in [4.69, 9.17) is 5.73 Å². The molecule has 106 valence electrons. The van der Waals surface area contributed by atoms with E-state index < -0.39 is 6.09 Å². The van der Waals surface area contributed by atoms with Crippen molar-refractivity contribution in [1.29, 1.82) is 0 Å². The lowest BCUT2D eigenvalue weighted by Crippen LogP contribution is -2.11. The van der Waals surface area contributed by atoms with Gasteiger partial charge in [0.2, 0.25) is 0 Å². The molecule has 20 heavy (non-hydrogen) atoms. The highest BCUT2D eigenvalue weighted by Crippen LogP contribution is 2.28. The second-order valence-electron chi connectivity index (χ2n) is 4.76. The minimum atomic E-state index is -0.527. The number of anilines is 2. The van der Waals surface area contributed by atoms with Crippen LogP contribution in [0.15, 0.2) is 24.4 Å². The number of amides is 1. The summed E-state index contributed by atoms with van der Waals surface area (Å²) in [5, 5.41) is 2.57. The molecule has 1 aromatic heterocycles.